The van der Waals surface area contributed by atoms with Gasteiger partial charge in [-0.2, -0.15) is 9.50 Å². The van der Waals surface area contributed by atoms with Gasteiger partial charge in [0.05, 0.1) is 22.5 Å². The van der Waals surface area contributed by atoms with E-state index in [4.69, 9.17) is 0 Å². The van der Waals surface area contributed by atoms with Crippen LogP contribution in [-0.4, -0.2) is 11.8 Å². The molecule has 3 rings (SSSR count). The molecule has 19 heavy (non-hydrogen) atoms. The van der Waals surface area contributed by atoms with Crippen molar-refractivity contribution in [2.24, 2.45) is 10.2 Å². The average molecular weight is 254 g/mol. The first-order valence-corrected chi connectivity index (χ1v) is 5.55. The van der Waals surface area contributed by atoms with E-state index < -0.39 is 6.04 Å². The number of nitrogens with zero attached hydrogens (tertiary/aromatic N) is 2. The van der Waals surface area contributed by atoms with Gasteiger partial charge in [-0.05, 0) is 30.3 Å². The van der Waals surface area contributed by atoms with Crippen LogP contribution in [0.15, 0.2) is 52.7 Å². The summed E-state index contributed by atoms with van der Waals surface area (Å²) in [7, 11) is 0. The van der Waals surface area contributed by atoms with E-state index in [1.807, 2.05) is 0 Å². The number of ketones is 1. The predicted octanol–water partition coefficient (Wildman–Crippen LogP) is 3.76. The number of carbonyl (C=O) groups excluding carboxylic acids is 2. The zero-order valence-electron chi connectivity index (χ0n) is 9.63. The lowest BCUT2D eigenvalue weighted by molar-refractivity contribution is 0.0835. The van der Waals surface area contributed by atoms with Gasteiger partial charge in [-0.3, -0.25) is 9.59 Å². The van der Waals surface area contributed by atoms with E-state index in [2.05, 4.69) is 10.2 Å². The molecule has 0 fully saturated rings. The maximum atomic E-state index is 12.5. The van der Waals surface area contributed by atoms with Gasteiger partial charge in [0.1, 0.15) is 0 Å². The molecule has 2 aromatic rings. The first-order valence-electron chi connectivity index (χ1n) is 5.55. The highest BCUT2D eigenvalue weighted by molar-refractivity contribution is 6.12. The molecule has 0 atom stereocenters. The Balaban J connectivity index is 1.97. The summed E-state index contributed by atoms with van der Waals surface area (Å²) in [5.74, 6) is -0.236. The number of fused-ring (bicyclic) bond motifs is 2. The standard InChI is InChI=1S/C14H7FN2O2/c15-14(19)9-3-1-8(2-4-9)13(18)11-6-5-10-7-12(11)17-16-10/h1-7H. The van der Waals surface area contributed by atoms with Crippen molar-refractivity contribution in [2.45, 2.75) is 0 Å². The highest BCUT2D eigenvalue weighted by Crippen LogP contribution is 2.33. The highest BCUT2D eigenvalue weighted by atomic mass is 19.1. The number of hydrogen-bond acceptors (Lipinski definition) is 4. The molecule has 0 spiro atoms. The van der Waals surface area contributed by atoms with Crippen molar-refractivity contribution in [3.05, 3.63) is 59.2 Å². The monoisotopic (exact) mass is 254 g/mol. The Kier molecular flexibility index (Phi) is 2.52. The van der Waals surface area contributed by atoms with Crippen LogP contribution in [-0.2, 0) is 0 Å². The molecule has 92 valence electrons. The smallest absolute Gasteiger partial charge is 0.289 e. The van der Waals surface area contributed by atoms with E-state index in [9.17, 15) is 14.0 Å². The van der Waals surface area contributed by atoms with Crippen molar-refractivity contribution in [3.63, 3.8) is 0 Å². The summed E-state index contributed by atoms with van der Waals surface area (Å²) in [6.07, 6.45) is 0. The number of carbonyl (C=O) groups is 2. The lowest BCUT2D eigenvalue weighted by Gasteiger charge is -2.02. The minimum atomic E-state index is -1.52. The minimum Gasteiger partial charge on any atom is -0.289 e. The Morgan fingerprint density at radius 1 is 0.895 bits per heavy atom. The molecule has 0 aliphatic carbocycles. The average Bonchev–Trinajstić information content (AvgIpc) is 2.80. The highest BCUT2D eigenvalue weighted by Gasteiger charge is 2.17. The fourth-order valence-corrected chi connectivity index (χ4v) is 1.88. The number of azo groups is 1. The molecule has 0 aromatic heterocycles. The quantitative estimate of drug-likeness (QED) is 0.527. The largest absolute Gasteiger partial charge is 0.332 e. The summed E-state index contributed by atoms with van der Waals surface area (Å²) in [5, 5.41) is 7.74. The molecule has 0 amide bonds. The van der Waals surface area contributed by atoms with Crippen LogP contribution >= 0.6 is 0 Å². The maximum Gasteiger partial charge on any atom is 0.332 e. The van der Waals surface area contributed by atoms with Crippen LogP contribution < -0.4 is 0 Å². The van der Waals surface area contributed by atoms with Crippen molar-refractivity contribution in [2.75, 3.05) is 0 Å². The molecule has 1 aliphatic heterocycles. The summed E-state index contributed by atoms with van der Waals surface area (Å²) >= 11 is 0. The molecule has 4 nitrogen and oxygen atoms in total. The van der Waals surface area contributed by atoms with E-state index >= 15 is 0 Å². The maximum absolute atomic E-state index is 12.5. The Hall–Kier alpha value is -2.69. The number of halogens is 1. The fourth-order valence-electron chi connectivity index (χ4n) is 1.88. The van der Waals surface area contributed by atoms with Crippen LogP contribution in [0.5, 0.6) is 0 Å². The van der Waals surface area contributed by atoms with Crippen molar-refractivity contribution in [1.82, 2.24) is 0 Å². The number of rotatable bonds is 3. The molecule has 0 saturated heterocycles. The van der Waals surface area contributed by atoms with Gasteiger partial charge in [-0.15, -0.1) is 5.11 Å². The fraction of sp³-hybridized carbons (Fsp3) is 0. The third kappa shape index (κ3) is 1.95. The van der Waals surface area contributed by atoms with Gasteiger partial charge in [0.15, 0.2) is 5.78 Å². The molecule has 1 aliphatic rings. The molecule has 2 bridgehead atoms. The summed E-state index contributed by atoms with van der Waals surface area (Å²) in [6.45, 7) is 0. The molecule has 0 saturated carbocycles. The Morgan fingerprint density at radius 3 is 2.26 bits per heavy atom. The van der Waals surface area contributed by atoms with Crippen LogP contribution in [0.1, 0.15) is 26.3 Å². The summed E-state index contributed by atoms with van der Waals surface area (Å²) in [6, 6.07) is 8.95. The zero-order valence-corrected chi connectivity index (χ0v) is 9.63. The van der Waals surface area contributed by atoms with Crippen molar-refractivity contribution < 1.29 is 14.0 Å². The Labute approximate surface area is 107 Å². The second-order valence-electron chi connectivity index (χ2n) is 4.08. The Morgan fingerprint density at radius 2 is 1.58 bits per heavy atom. The van der Waals surface area contributed by atoms with Crippen molar-refractivity contribution in [1.29, 1.82) is 0 Å². The van der Waals surface area contributed by atoms with Crippen molar-refractivity contribution >= 4 is 23.2 Å². The number of hydrogen-bond donors (Lipinski definition) is 0. The predicted molar refractivity (Wildman–Crippen MR) is 65.9 cm³/mol. The SMILES string of the molecule is O=C(F)c1ccc(C(=O)c2ccc3cc2N=N3)cc1. The number of benzene rings is 2. The van der Waals surface area contributed by atoms with Crippen LogP contribution in [0.4, 0.5) is 15.8 Å². The van der Waals surface area contributed by atoms with Gasteiger partial charge < -0.3 is 0 Å². The van der Waals surface area contributed by atoms with E-state index in [0.29, 0.717) is 22.5 Å². The van der Waals surface area contributed by atoms with E-state index in [1.54, 1.807) is 18.2 Å². The Bertz CT molecular complexity index is 721. The molecular formula is C14H7FN2O2. The van der Waals surface area contributed by atoms with Gasteiger partial charge >= 0.3 is 6.04 Å². The van der Waals surface area contributed by atoms with Gasteiger partial charge in [0.25, 0.3) is 0 Å². The third-order valence-corrected chi connectivity index (χ3v) is 2.87. The second-order valence-corrected chi connectivity index (χ2v) is 4.08. The van der Waals surface area contributed by atoms with Crippen LogP contribution in [0.25, 0.3) is 0 Å². The molecule has 0 radical (unpaired) electrons. The summed E-state index contributed by atoms with van der Waals surface area (Å²) in [5.41, 5.74) is 1.97. The van der Waals surface area contributed by atoms with Gasteiger partial charge in [0, 0.05) is 5.56 Å². The first-order chi connectivity index (χ1) is 9.15. The summed E-state index contributed by atoms with van der Waals surface area (Å²) in [4.78, 5) is 22.8. The van der Waals surface area contributed by atoms with E-state index in [0.717, 1.165) is 0 Å². The normalized spacial score (nSPS) is 11.6. The lowest BCUT2D eigenvalue weighted by Crippen LogP contribution is -2.01. The van der Waals surface area contributed by atoms with Crippen LogP contribution in [0.2, 0.25) is 0 Å². The van der Waals surface area contributed by atoms with Crippen LogP contribution in [0.3, 0.4) is 0 Å². The second kappa shape index (κ2) is 4.20. The van der Waals surface area contributed by atoms with E-state index in [1.165, 1.54) is 24.3 Å². The molecule has 0 N–H and O–H groups in total. The van der Waals surface area contributed by atoms with Gasteiger partial charge in [0.2, 0.25) is 0 Å². The molecule has 1 heterocycles. The van der Waals surface area contributed by atoms with Gasteiger partial charge in [-0.1, -0.05) is 12.1 Å². The molecule has 5 heteroatoms. The van der Waals surface area contributed by atoms with E-state index in [-0.39, 0.29) is 11.3 Å². The van der Waals surface area contributed by atoms with Gasteiger partial charge in [-0.25, -0.2) is 0 Å². The van der Waals surface area contributed by atoms with Crippen LogP contribution in [0, 0.1) is 0 Å². The summed E-state index contributed by atoms with van der Waals surface area (Å²) < 4.78 is 12.5. The van der Waals surface area contributed by atoms with Crippen molar-refractivity contribution in [3.8, 4) is 0 Å². The molecule has 0 unspecified atom stereocenters. The zero-order chi connectivity index (χ0) is 13.4. The minimum absolute atomic E-state index is 0.0730. The topological polar surface area (TPSA) is 58.9 Å². The lowest BCUT2D eigenvalue weighted by atomic mass is 10.0. The first kappa shape index (κ1) is 11.4. The molecular weight excluding hydrogens is 247 g/mol. The molecule has 2 aromatic carbocycles. The third-order valence-electron chi connectivity index (χ3n) is 2.87.